The molecule has 1 aromatic rings. The van der Waals surface area contributed by atoms with E-state index in [1.807, 2.05) is 58.0 Å². The van der Waals surface area contributed by atoms with Gasteiger partial charge in [-0.05, 0) is 33.3 Å². The highest BCUT2D eigenvalue weighted by Crippen LogP contribution is 2.17. The lowest BCUT2D eigenvalue weighted by Crippen LogP contribution is -2.30. The van der Waals surface area contributed by atoms with Crippen LogP contribution in [0.1, 0.15) is 33.3 Å². The van der Waals surface area contributed by atoms with Crippen molar-refractivity contribution in [1.29, 1.82) is 0 Å². The Balaban J connectivity index is 2.63. The van der Waals surface area contributed by atoms with E-state index < -0.39 is 5.60 Å². The van der Waals surface area contributed by atoms with Gasteiger partial charge in [0.25, 0.3) is 0 Å². The summed E-state index contributed by atoms with van der Waals surface area (Å²) in [6.45, 7) is 7.62. The Kier molecular flexibility index (Phi) is 4.50. The molecule has 0 amide bonds. The lowest BCUT2D eigenvalue weighted by molar-refractivity contribution is -0.150. The molecule has 0 spiro atoms. The molecule has 0 saturated heterocycles. The zero-order valence-electron chi connectivity index (χ0n) is 11.0. The first-order valence-corrected chi connectivity index (χ1v) is 5.81. The summed E-state index contributed by atoms with van der Waals surface area (Å²) in [5, 5.41) is 0. The first kappa shape index (κ1) is 13.5. The van der Waals surface area contributed by atoms with Gasteiger partial charge >= 0.3 is 5.97 Å². The monoisotopic (exact) mass is 232 g/mol. The minimum Gasteiger partial charge on any atom is -0.456 e. The summed E-state index contributed by atoms with van der Waals surface area (Å²) in [4.78, 5) is 11.6. The molecule has 0 bridgehead atoms. The van der Waals surface area contributed by atoms with Crippen LogP contribution in [0.15, 0.2) is 42.0 Å². The molecule has 0 heterocycles. The molecule has 0 atom stereocenters. The van der Waals surface area contributed by atoms with Gasteiger partial charge in [0.2, 0.25) is 0 Å². The zero-order chi connectivity index (χ0) is 12.9. The number of carbonyl (C=O) groups excluding carboxylic acids is 1. The van der Waals surface area contributed by atoms with Gasteiger partial charge in [-0.25, -0.2) is 4.79 Å². The minimum absolute atomic E-state index is 0.272. The van der Waals surface area contributed by atoms with E-state index in [1.54, 1.807) is 0 Å². The fourth-order valence-corrected chi connectivity index (χ4v) is 1.66. The lowest BCUT2D eigenvalue weighted by atomic mass is 9.98. The molecular weight excluding hydrogens is 212 g/mol. The van der Waals surface area contributed by atoms with Crippen LogP contribution in [-0.4, -0.2) is 11.6 Å². The lowest BCUT2D eigenvalue weighted by Gasteiger charge is -2.24. The maximum Gasteiger partial charge on any atom is 0.331 e. The van der Waals surface area contributed by atoms with Crippen molar-refractivity contribution in [2.75, 3.05) is 0 Å². The van der Waals surface area contributed by atoms with Crippen LogP contribution in [0.5, 0.6) is 0 Å². The highest BCUT2D eigenvalue weighted by molar-refractivity contribution is 5.82. The third kappa shape index (κ3) is 5.34. The molecule has 1 rings (SSSR count). The third-order valence-corrected chi connectivity index (χ3v) is 2.26. The van der Waals surface area contributed by atoms with Gasteiger partial charge in [0.1, 0.15) is 5.60 Å². The van der Waals surface area contributed by atoms with Crippen LogP contribution in [0.25, 0.3) is 0 Å². The summed E-state index contributed by atoms with van der Waals surface area (Å²) >= 11 is 0. The third-order valence-electron chi connectivity index (χ3n) is 2.26. The first-order valence-electron chi connectivity index (χ1n) is 5.81. The molecule has 0 radical (unpaired) electrons. The molecule has 2 nitrogen and oxygen atoms in total. The van der Waals surface area contributed by atoms with Gasteiger partial charge in [-0.3, -0.25) is 0 Å². The van der Waals surface area contributed by atoms with E-state index in [4.69, 9.17) is 4.74 Å². The molecule has 0 aromatic heterocycles. The van der Waals surface area contributed by atoms with E-state index in [2.05, 4.69) is 0 Å². The Bertz CT molecular complexity index is 398. The first-order chi connectivity index (χ1) is 7.89. The van der Waals surface area contributed by atoms with Gasteiger partial charge in [0.15, 0.2) is 0 Å². The van der Waals surface area contributed by atoms with E-state index in [9.17, 15) is 4.79 Å². The Hall–Kier alpha value is -1.57. The molecule has 0 aliphatic heterocycles. The fourth-order valence-electron chi connectivity index (χ4n) is 1.66. The number of carbonyl (C=O) groups is 1. The number of esters is 1. The summed E-state index contributed by atoms with van der Waals surface area (Å²) in [6.07, 6.45) is 2.24. The van der Waals surface area contributed by atoms with Crippen molar-refractivity contribution < 1.29 is 9.53 Å². The number of hydrogen-bond acceptors (Lipinski definition) is 2. The summed E-state index contributed by atoms with van der Waals surface area (Å²) < 4.78 is 5.44. The predicted octanol–water partition coefficient (Wildman–Crippen LogP) is 3.52. The summed E-state index contributed by atoms with van der Waals surface area (Å²) in [7, 11) is 0. The van der Waals surface area contributed by atoms with E-state index in [-0.39, 0.29) is 5.97 Å². The van der Waals surface area contributed by atoms with Crippen LogP contribution in [-0.2, 0) is 16.0 Å². The van der Waals surface area contributed by atoms with Crippen molar-refractivity contribution in [3.63, 3.8) is 0 Å². The molecule has 0 N–H and O–H groups in total. The standard InChI is InChI=1S/C15H20O2/c1-12(2)10-14(16)17-15(3,4)11-13-8-6-5-7-9-13/h5-10H,11H2,1-4H3. The molecule has 1 aromatic carbocycles. The van der Waals surface area contributed by atoms with E-state index in [0.717, 1.165) is 12.0 Å². The molecule has 0 aliphatic rings. The van der Waals surface area contributed by atoms with Crippen LogP contribution in [0.4, 0.5) is 0 Å². The van der Waals surface area contributed by atoms with Gasteiger partial charge < -0.3 is 4.74 Å². The molecule has 0 aliphatic carbocycles. The van der Waals surface area contributed by atoms with Crippen molar-refractivity contribution in [3.8, 4) is 0 Å². The van der Waals surface area contributed by atoms with E-state index in [0.29, 0.717) is 0 Å². The highest BCUT2D eigenvalue weighted by atomic mass is 16.6. The SMILES string of the molecule is CC(C)=CC(=O)OC(C)(C)Cc1ccccc1. The highest BCUT2D eigenvalue weighted by Gasteiger charge is 2.22. The summed E-state index contributed by atoms with van der Waals surface area (Å²) in [5.74, 6) is -0.272. The van der Waals surface area contributed by atoms with E-state index >= 15 is 0 Å². The van der Waals surface area contributed by atoms with Crippen molar-refractivity contribution >= 4 is 5.97 Å². The Morgan fingerprint density at radius 3 is 2.35 bits per heavy atom. The van der Waals surface area contributed by atoms with Crippen LogP contribution in [0.3, 0.4) is 0 Å². The normalized spacial score (nSPS) is 10.8. The average molecular weight is 232 g/mol. The minimum atomic E-state index is -0.482. The second-order valence-corrected chi connectivity index (χ2v) is 5.06. The van der Waals surface area contributed by atoms with Crippen LogP contribution in [0, 0.1) is 0 Å². The Labute approximate surface area is 103 Å². The van der Waals surface area contributed by atoms with Crippen LogP contribution < -0.4 is 0 Å². The largest absolute Gasteiger partial charge is 0.456 e. The quantitative estimate of drug-likeness (QED) is 0.586. The molecule has 0 unspecified atom stereocenters. The molecule has 2 heteroatoms. The number of allylic oxidation sites excluding steroid dienone is 1. The predicted molar refractivity (Wildman–Crippen MR) is 69.7 cm³/mol. The van der Waals surface area contributed by atoms with Gasteiger partial charge in [-0.15, -0.1) is 0 Å². The maximum atomic E-state index is 11.6. The smallest absolute Gasteiger partial charge is 0.331 e. The number of rotatable bonds is 4. The Morgan fingerprint density at radius 2 is 1.82 bits per heavy atom. The summed E-state index contributed by atoms with van der Waals surface area (Å²) in [6, 6.07) is 10.0. The van der Waals surface area contributed by atoms with Gasteiger partial charge in [-0.1, -0.05) is 35.9 Å². The van der Waals surface area contributed by atoms with Gasteiger partial charge in [-0.2, -0.15) is 0 Å². The molecule has 17 heavy (non-hydrogen) atoms. The maximum absolute atomic E-state index is 11.6. The van der Waals surface area contributed by atoms with Crippen molar-refractivity contribution in [3.05, 3.63) is 47.5 Å². The van der Waals surface area contributed by atoms with Gasteiger partial charge in [0, 0.05) is 12.5 Å². The Morgan fingerprint density at radius 1 is 1.24 bits per heavy atom. The molecule has 0 saturated carbocycles. The summed E-state index contributed by atoms with van der Waals surface area (Å²) in [5.41, 5.74) is 1.64. The number of benzene rings is 1. The van der Waals surface area contributed by atoms with Crippen LogP contribution >= 0.6 is 0 Å². The van der Waals surface area contributed by atoms with Gasteiger partial charge in [0.05, 0.1) is 0 Å². The molecule has 92 valence electrons. The second kappa shape index (κ2) is 5.67. The molecule has 0 fully saturated rings. The second-order valence-electron chi connectivity index (χ2n) is 5.06. The van der Waals surface area contributed by atoms with Crippen LogP contribution in [0.2, 0.25) is 0 Å². The number of hydrogen-bond donors (Lipinski definition) is 0. The number of ether oxygens (including phenoxy) is 1. The van der Waals surface area contributed by atoms with Crippen molar-refractivity contribution in [2.24, 2.45) is 0 Å². The fraction of sp³-hybridized carbons (Fsp3) is 0.400. The van der Waals surface area contributed by atoms with Crippen molar-refractivity contribution in [2.45, 2.75) is 39.7 Å². The van der Waals surface area contributed by atoms with E-state index in [1.165, 1.54) is 11.6 Å². The average Bonchev–Trinajstić information content (AvgIpc) is 2.15. The van der Waals surface area contributed by atoms with Crippen molar-refractivity contribution in [1.82, 2.24) is 0 Å². The zero-order valence-corrected chi connectivity index (χ0v) is 11.0. The molecular formula is C15H20O2. The topological polar surface area (TPSA) is 26.3 Å².